The van der Waals surface area contributed by atoms with Gasteiger partial charge in [-0.2, -0.15) is 0 Å². The van der Waals surface area contributed by atoms with Crippen LogP contribution in [0, 0.1) is 5.92 Å². The highest BCUT2D eigenvalue weighted by Gasteiger charge is 2.49. The fourth-order valence-corrected chi connectivity index (χ4v) is 5.33. The lowest BCUT2D eigenvalue weighted by Gasteiger charge is -2.41. The first-order valence-electron chi connectivity index (χ1n) is 6.71. The summed E-state index contributed by atoms with van der Waals surface area (Å²) in [6.45, 7) is 3.97. The van der Waals surface area contributed by atoms with Crippen molar-refractivity contribution in [1.29, 1.82) is 0 Å². The van der Waals surface area contributed by atoms with Crippen LogP contribution in [0.15, 0.2) is 47.9 Å². The molecule has 0 spiro atoms. The monoisotopic (exact) mass is 279 g/mol. The molecular formula is C15H21NO2S. The van der Waals surface area contributed by atoms with Gasteiger partial charge < -0.3 is 5.73 Å². The van der Waals surface area contributed by atoms with Gasteiger partial charge in [-0.15, -0.1) is 6.58 Å². The summed E-state index contributed by atoms with van der Waals surface area (Å²) in [5, 5.41) is 0. The van der Waals surface area contributed by atoms with E-state index in [1.165, 1.54) is 0 Å². The zero-order valence-electron chi connectivity index (χ0n) is 11.1. The fourth-order valence-electron chi connectivity index (χ4n) is 3.10. The van der Waals surface area contributed by atoms with Gasteiger partial charge >= 0.3 is 0 Å². The predicted octanol–water partition coefficient (Wildman–Crippen LogP) is 2.53. The number of nitrogens with two attached hydrogens (primary N) is 1. The molecule has 1 saturated carbocycles. The van der Waals surface area contributed by atoms with E-state index in [2.05, 4.69) is 6.58 Å². The molecule has 0 bridgehead atoms. The largest absolute Gasteiger partial charge is 0.329 e. The molecule has 104 valence electrons. The van der Waals surface area contributed by atoms with E-state index in [-0.39, 0.29) is 12.5 Å². The second-order valence-corrected chi connectivity index (χ2v) is 7.46. The topological polar surface area (TPSA) is 60.2 Å². The third-order valence-electron chi connectivity index (χ3n) is 4.26. The third kappa shape index (κ3) is 2.23. The zero-order chi connectivity index (χ0) is 13.9. The lowest BCUT2D eigenvalue weighted by atomic mass is 9.78. The summed E-state index contributed by atoms with van der Waals surface area (Å²) in [5.41, 5.74) is 5.90. The summed E-state index contributed by atoms with van der Waals surface area (Å²) >= 11 is 0. The molecule has 0 aliphatic heterocycles. The van der Waals surface area contributed by atoms with Gasteiger partial charge in [0.1, 0.15) is 0 Å². The Kier molecular flexibility index (Phi) is 4.11. The Morgan fingerprint density at radius 2 is 2.00 bits per heavy atom. The average Bonchev–Trinajstić information content (AvgIpc) is 2.47. The van der Waals surface area contributed by atoms with Crippen molar-refractivity contribution in [2.45, 2.75) is 35.3 Å². The maximum absolute atomic E-state index is 13.0. The average molecular weight is 279 g/mol. The maximum atomic E-state index is 13.0. The van der Waals surface area contributed by atoms with Crippen LogP contribution in [0.1, 0.15) is 25.7 Å². The molecule has 0 saturated heterocycles. The molecule has 0 radical (unpaired) electrons. The molecule has 0 unspecified atom stereocenters. The molecule has 1 aliphatic rings. The Morgan fingerprint density at radius 3 is 2.58 bits per heavy atom. The highest BCUT2D eigenvalue weighted by atomic mass is 32.2. The molecule has 3 nitrogen and oxygen atoms in total. The van der Waals surface area contributed by atoms with Crippen molar-refractivity contribution in [1.82, 2.24) is 0 Å². The van der Waals surface area contributed by atoms with Gasteiger partial charge in [0.05, 0.1) is 9.64 Å². The second-order valence-electron chi connectivity index (χ2n) is 5.17. The van der Waals surface area contributed by atoms with E-state index < -0.39 is 14.6 Å². The molecule has 0 aromatic heterocycles. The van der Waals surface area contributed by atoms with Crippen LogP contribution in [-0.4, -0.2) is 19.7 Å². The van der Waals surface area contributed by atoms with Gasteiger partial charge in [0.2, 0.25) is 0 Å². The van der Waals surface area contributed by atoms with Crippen molar-refractivity contribution in [2.75, 3.05) is 6.54 Å². The Labute approximate surface area is 115 Å². The van der Waals surface area contributed by atoms with E-state index in [4.69, 9.17) is 5.73 Å². The molecule has 0 amide bonds. The minimum atomic E-state index is -3.43. The van der Waals surface area contributed by atoms with Gasteiger partial charge in [0, 0.05) is 6.54 Å². The summed E-state index contributed by atoms with van der Waals surface area (Å²) in [5.74, 6) is -0.0588. The maximum Gasteiger partial charge on any atom is 0.185 e. The zero-order valence-corrected chi connectivity index (χ0v) is 11.9. The first-order chi connectivity index (χ1) is 9.08. The van der Waals surface area contributed by atoms with E-state index in [1.807, 2.05) is 6.07 Å². The van der Waals surface area contributed by atoms with Gasteiger partial charge in [-0.1, -0.05) is 37.1 Å². The molecule has 0 heterocycles. The predicted molar refractivity (Wildman–Crippen MR) is 77.6 cm³/mol. The number of sulfone groups is 1. The number of hydrogen-bond acceptors (Lipinski definition) is 3. The smallest absolute Gasteiger partial charge is 0.185 e. The Morgan fingerprint density at radius 1 is 1.32 bits per heavy atom. The lowest BCUT2D eigenvalue weighted by Crippen LogP contribution is -2.52. The van der Waals surface area contributed by atoms with Crippen LogP contribution in [-0.2, 0) is 9.84 Å². The standard InChI is InChI=1S/C15H21NO2S/c1-2-13-8-6-7-11-15(13,12-16)19(17,18)14-9-4-3-5-10-14/h2-5,9-10,13H,1,6-8,11-12,16H2/t13-,15+/m0/s1. The number of hydrogen-bond donors (Lipinski definition) is 1. The Balaban J connectivity index is 2.54. The number of rotatable bonds is 4. The molecule has 2 rings (SSSR count). The van der Waals surface area contributed by atoms with Crippen LogP contribution in [0.25, 0.3) is 0 Å². The fraction of sp³-hybridized carbons (Fsp3) is 0.467. The number of benzene rings is 1. The summed E-state index contributed by atoms with van der Waals surface area (Å²) in [6, 6.07) is 8.63. The van der Waals surface area contributed by atoms with Crippen molar-refractivity contribution in [3.05, 3.63) is 43.0 Å². The van der Waals surface area contributed by atoms with Crippen LogP contribution in [0.2, 0.25) is 0 Å². The van der Waals surface area contributed by atoms with Crippen LogP contribution in [0.5, 0.6) is 0 Å². The van der Waals surface area contributed by atoms with Crippen LogP contribution in [0.4, 0.5) is 0 Å². The van der Waals surface area contributed by atoms with Crippen LogP contribution in [0.3, 0.4) is 0 Å². The van der Waals surface area contributed by atoms with Crippen molar-refractivity contribution >= 4 is 9.84 Å². The minimum absolute atomic E-state index is 0.0588. The quantitative estimate of drug-likeness (QED) is 0.862. The Hall–Kier alpha value is -1.13. The van der Waals surface area contributed by atoms with E-state index in [0.717, 1.165) is 19.3 Å². The SMILES string of the molecule is C=C[C@H]1CCCC[C@]1(CN)S(=O)(=O)c1ccccc1. The second kappa shape index (κ2) is 5.47. The van der Waals surface area contributed by atoms with Crippen molar-refractivity contribution < 1.29 is 8.42 Å². The summed E-state index contributed by atoms with van der Waals surface area (Å²) < 4.78 is 25.1. The molecule has 1 aromatic carbocycles. The summed E-state index contributed by atoms with van der Waals surface area (Å²) in [7, 11) is -3.43. The van der Waals surface area contributed by atoms with Crippen LogP contribution < -0.4 is 5.73 Å². The first-order valence-corrected chi connectivity index (χ1v) is 8.19. The Bertz CT molecular complexity index is 539. The third-order valence-corrected chi connectivity index (χ3v) is 6.90. The van der Waals surface area contributed by atoms with Gasteiger partial charge in [0.25, 0.3) is 0 Å². The highest BCUT2D eigenvalue weighted by molar-refractivity contribution is 7.93. The normalized spacial score (nSPS) is 27.9. The van der Waals surface area contributed by atoms with Gasteiger partial charge in [-0.3, -0.25) is 0 Å². The number of allylic oxidation sites excluding steroid dienone is 1. The van der Waals surface area contributed by atoms with E-state index in [0.29, 0.717) is 11.3 Å². The molecule has 4 heteroatoms. The highest BCUT2D eigenvalue weighted by Crippen LogP contribution is 2.42. The van der Waals surface area contributed by atoms with E-state index in [1.54, 1.807) is 30.3 Å². The molecule has 1 aliphatic carbocycles. The minimum Gasteiger partial charge on any atom is -0.329 e. The molecule has 19 heavy (non-hydrogen) atoms. The summed E-state index contributed by atoms with van der Waals surface area (Å²) in [4.78, 5) is 0.370. The van der Waals surface area contributed by atoms with E-state index in [9.17, 15) is 8.42 Å². The molecule has 2 atom stereocenters. The van der Waals surface area contributed by atoms with Gasteiger partial charge in [-0.05, 0) is 30.9 Å². The lowest BCUT2D eigenvalue weighted by molar-refractivity contribution is 0.309. The van der Waals surface area contributed by atoms with Crippen molar-refractivity contribution in [3.63, 3.8) is 0 Å². The molecule has 2 N–H and O–H groups in total. The van der Waals surface area contributed by atoms with Crippen LogP contribution >= 0.6 is 0 Å². The first kappa shape index (κ1) is 14.3. The van der Waals surface area contributed by atoms with E-state index >= 15 is 0 Å². The van der Waals surface area contributed by atoms with Crippen molar-refractivity contribution in [3.8, 4) is 0 Å². The van der Waals surface area contributed by atoms with Gasteiger partial charge in [0.15, 0.2) is 9.84 Å². The molecule has 1 aromatic rings. The van der Waals surface area contributed by atoms with Crippen molar-refractivity contribution in [2.24, 2.45) is 11.7 Å². The molecule has 1 fully saturated rings. The van der Waals surface area contributed by atoms with Gasteiger partial charge in [-0.25, -0.2) is 8.42 Å². The summed E-state index contributed by atoms with van der Waals surface area (Å²) in [6.07, 6.45) is 5.20. The molecular weight excluding hydrogens is 258 g/mol.